The average molecular weight is 451 g/mol. The van der Waals surface area contributed by atoms with Crippen molar-refractivity contribution >= 4 is 12.9 Å². The van der Waals surface area contributed by atoms with Crippen molar-refractivity contribution < 1.29 is 14.2 Å². The van der Waals surface area contributed by atoms with Crippen LogP contribution in [-0.4, -0.2) is 5.11 Å². The van der Waals surface area contributed by atoms with Crippen molar-refractivity contribution in [1.82, 2.24) is 0 Å². The molecule has 3 rings (SSSR count). The van der Waals surface area contributed by atoms with E-state index in [0.29, 0.717) is 23.2 Å². The number of benzene rings is 2. The monoisotopic (exact) mass is 450 g/mol. The average Bonchev–Trinajstić information content (AvgIpc) is 2.67. The van der Waals surface area contributed by atoms with Crippen LogP contribution in [-0.2, 0) is 21.6 Å². The Balaban J connectivity index is 2.18. The Hall–Kier alpha value is -2.51. The molecule has 0 saturated carbocycles. The molecule has 0 aliphatic carbocycles. The molecule has 1 aliphatic heterocycles. The van der Waals surface area contributed by atoms with Crippen molar-refractivity contribution in [2.24, 2.45) is 0 Å². The lowest BCUT2D eigenvalue weighted by molar-refractivity contribution is 0.422. The number of aromatic hydroxyl groups is 1. The van der Waals surface area contributed by atoms with E-state index in [2.05, 4.69) is 54.7 Å². The summed E-state index contributed by atoms with van der Waals surface area (Å²) in [7, 11) is -3.29. The molecule has 1 N–H and O–H groups in total. The summed E-state index contributed by atoms with van der Waals surface area (Å²) in [6.07, 6.45) is 4.51. The highest BCUT2D eigenvalue weighted by Gasteiger charge is 2.38. The fraction of sp³-hybridized carbons (Fsp3) is 0.357. The molecule has 1 heterocycles. The van der Waals surface area contributed by atoms with Gasteiger partial charge in [0.1, 0.15) is 11.5 Å². The van der Waals surface area contributed by atoms with Crippen molar-refractivity contribution in [2.45, 2.75) is 65.0 Å². The lowest BCUT2D eigenvalue weighted by Crippen LogP contribution is -2.18. The van der Waals surface area contributed by atoms with Gasteiger partial charge in [0, 0.05) is 5.56 Å². The van der Waals surface area contributed by atoms with E-state index in [0.717, 1.165) is 27.8 Å². The van der Waals surface area contributed by atoms with Gasteiger partial charge in [-0.05, 0) is 45.6 Å². The molecule has 2 aromatic carbocycles. The van der Waals surface area contributed by atoms with Crippen molar-refractivity contribution in [3.05, 3.63) is 89.3 Å². The number of allylic oxidation sites excluding steroid dienone is 4. The van der Waals surface area contributed by atoms with Crippen LogP contribution in [0.25, 0.3) is 5.57 Å². The Morgan fingerprint density at radius 1 is 1.03 bits per heavy atom. The number of para-hydroxylation sites is 1. The third kappa shape index (κ3) is 4.64. The highest BCUT2D eigenvalue weighted by Crippen LogP contribution is 2.65. The smallest absolute Gasteiger partial charge is 0.281 e. The first-order chi connectivity index (χ1) is 14.8. The molecule has 0 aromatic heterocycles. The second-order valence-corrected chi connectivity index (χ2v) is 12.9. The summed E-state index contributed by atoms with van der Waals surface area (Å²) in [4.78, 5) is 0. The van der Waals surface area contributed by atoms with Gasteiger partial charge >= 0.3 is 0 Å². The Labute approximate surface area is 193 Å². The number of fused-ring (bicyclic) bond motifs is 1. The number of rotatable bonds is 4. The fourth-order valence-corrected chi connectivity index (χ4v) is 6.48. The highest BCUT2D eigenvalue weighted by molar-refractivity contribution is 7.64. The van der Waals surface area contributed by atoms with Crippen LogP contribution in [0.4, 0.5) is 0 Å². The predicted molar refractivity (Wildman–Crippen MR) is 136 cm³/mol. The van der Waals surface area contributed by atoms with Gasteiger partial charge in [-0.1, -0.05) is 90.6 Å². The molecule has 0 spiro atoms. The summed E-state index contributed by atoms with van der Waals surface area (Å²) in [6.45, 7) is 20.5. The first kappa shape index (κ1) is 24.1. The molecule has 1 unspecified atom stereocenters. The molecule has 0 bridgehead atoms. The lowest BCUT2D eigenvalue weighted by Gasteiger charge is -2.32. The summed E-state index contributed by atoms with van der Waals surface area (Å²) in [6, 6.07) is 11.5. The van der Waals surface area contributed by atoms with E-state index in [4.69, 9.17) is 4.52 Å². The summed E-state index contributed by atoms with van der Waals surface area (Å²) < 4.78 is 20.6. The molecular formula is C28H35O3P. The second-order valence-electron chi connectivity index (χ2n) is 10.6. The van der Waals surface area contributed by atoms with E-state index in [9.17, 15) is 9.67 Å². The second kappa shape index (κ2) is 8.45. The number of phenols is 1. The van der Waals surface area contributed by atoms with Crippen molar-refractivity contribution in [3.8, 4) is 11.5 Å². The van der Waals surface area contributed by atoms with Crippen LogP contribution < -0.4 is 4.52 Å². The molecule has 1 atom stereocenters. The minimum absolute atomic E-state index is 0.232. The zero-order chi connectivity index (χ0) is 23.9. The fourth-order valence-electron chi connectivity index (χ4n) is 4.09. The molecule has 0 amide bonds. The summed E-state index contributed by atoms with van der Waals surface area (Å²) in [5.74, 6) is 0.913. The van der Waals surface area contributed by atoms with Crippen LogP contribution in [0.2, 0.25) is 0 Å². The summed E-state index contributed by atoms with van der Waals surface area (Å²) in [5, 5.41) is 11.7. The standard InChI is InChI=1S/C28H35O3P/c1-9-10-15-25-19(2)21-13-11-12-14-24(21)31-32(25,30)18-20-16-22(27(3,4)5)26(29)23(17-20)28(6,7)8/h9,11-17,29H,1-2,10,18H2,3-8H3/b25-15+. The molecule has 4 heteroatoms. The van der Waals surface area contributed by atoms with Crippen LogP contribution in [0.3, 0.4) is 0 Å². The van der Waals surface area contributed by atoms with Gasteiger partial charge in [-0.25, -0.2) is 0 Å². The van der Waals surface area contributed by atoms with E-state index in [-0.39, 0.29) is 17.0 Å². The summed E-state index contributed by atoms with van der Waals surface area (Å²) >= 11 is 0. The van der Waals surface area contributed by atoms with Gasteiger partial charge in [0.15, 0.2) is 0 Å². The van der Waals surface area contributed by atoms with Crippen molar-refractivity contribution in [3.63, 3.8) is 0 Å². The number of hydrogen-bond acceptors (Lipinski definition) is 3. The van der Waals surface area contributed by atoms with E-state index < -0.39 is 7.37 Å². The van der Waals surface area contributed by atoms with Crippen LogP contribution in [0, 0.1) is 0 Å². The van der Waals surface area contributed by atoms with Gasteiger partial charge in [0.2, 0.25) is 0 Å². The Morgan fingerprint density at radius 2 is 1.59 bits per heavy atom. The normalized spacial score (nSPS) is 20.1. The van der Waals surface area contributed by atoms with E-state index in [1.54, 1.807) is 6.08 Å². The first-order valence-electron chi connectivity index (χ1n) is 11.0. The van der Waals surface area contributed by atoms with Crippen LogP contribution in [0.15, 0.2) is 67.0 Å². The zero-order valence-corrected chi connectivity index (χ0v) is 21.1. The van der Waals surface area contributed by atoms with Gasteiger partial charge in [-0.15, -0.1) is 6.58 Å². The third-order valence-electron chi connectivity index (χ3n) is 5.79. The third-order valence-corrected chi connectivity index (χ3v) is 8.25. The molecule has 2 aromatic rings. The van der Waals surface area contributed by atoms with Crippen molar-refractivity contribution in [2.75, 3.05) is 0 Å². The van der Waals surface area contributed by atoms with E-state index >= 15 is 0 Å². The van der Waals surface area contributed by atoms with Crippen molar-refractivity contribution in [1.29, 1.82) is 0 Å². The van der Waals surface area contributed by atoms with Gasteiger partial charge < -0.3 is 9.63 Å². The quantitative estimate of drug-likeness (QED) is 0.376. The molecule has 0 fully saturated rings. The minimum Gasteiger partial charge on any atom is -0.507 e. The molecule has 170 valence electrons. The number of phenolic OH excluding ortho intramolecular Hbond substituents is 1. The predicted octanol–water partition coefficient (Wildman–Crippen LogP) is 8.33. The highest BCUT2D eigenvalue weighted by atomic mass is 31.2. The van der Waals surface area contributed by atoms with Gasteiger partial charge in [0.05, 0.1) is 11.5 Å². The number of hydrogen-bond donors (Lipinski definition) is 1. The zero-order valence-electron chi connectivity index (χ0n) is 20.2. The Bertz CT molecular complexity index is 1100. The topological polar surface area (TPSA) is 46.5 Å². The maximum atomic E-state index is 14.4. The summed E-state index contributed by atoms with van der Waals surface area (Å²) in [5.41, 5.74) is 3.66. The van der Waals surface area contributed by atoms with Crippen LogP contribution >= 0.6 is 7.37 Å². The largest absolute Gasteiger partial charge is 0.507 e. The molecule has 3 nitrogen and oxygen atoms in total. The van der Waals surface area contributed by atoms with Gasteiger partial charge in [0.25, 0.3) is 7.37 Å². The maximum Gasteiger partial charge on any atom is 0.281 e. The minimum atomic E-state index is -3.29. The van der Waals surface area contributed by atoms with Gasteiger partial charge in [-0.2, -0.15) is 0 Å². The van der Waals surface area contributed by atoms with E-state index in [1.165, 1.54) is 0 Å². The first-order valence-corrected chi connectivity index (χ1v) is 12.8. The molecule has 1 aliphatic rings. The Morgan fingerprint density at radius 3 is 2.12 bits per heavy atom. The van der Waals surface area contributed by atoms with Crippen LogP contribution in [0.1, 0.15) is 70.2 Å². The lowest BCUT2D eigenvalue weighted by atomic mass is 9.78. The maximum absolute atomic E-state index is 14.4. The Kier molecular flexibility index (Phi) is 6.37. The molecule has 32 heavy (non-hydrogen) atoms. The van der Waals surface area contributed by atoms with Gasteiger partial charge in [-0.3, -0.25) is 4.57 Å². The van der Waals surface area contributed by atoms with Crippen LogP contribution in [0.5, 0.6) is 11.5 Å². The molecular weight excluding hydrogens is 415 g/mol. The van der Waals surface area contributed by atoms with E-state index in [1.807, 2.05) is 42.5 Å². The molecule has 0 saturated heterocycles. The molecule has 0 radical (unpaired) electrons. The SMILES string of the molecule is C=CC/C=C1\C(=C)c2ccccc2OP1(=O)Cc1cc(C(C)(C)C)c(O)c(C(C)(C)C)c1.